The Morgan fingerprint density at radius 3 is 2.94 bits per heavy atom. The summed E-state index contributed by atoms with van der Waals surface area (Å²) in [6.07, 6.45) is 5.00. The van der Waals surface area contributed by atoms with Gasteiger partial charge in [-0.3, -0.25) is 0 Å². The van der Waals surface area contributed by atoms with Crippen molar-refractivity contribution in [3.63, 3.8) is 0 Å². The van der Waals surface area contributed by atoms with Crippen LogP contribution in [0.3, 0.4) is 0 Å². The first-order chi connectivity index (χ1) is 8.43. The number of tetrazole rings is 1. The molecule has 0 aliphatic rings. The van der Waals surface area contributed by atoms with Crippen LogP contribution in [0.4, 0.5) is 0 Å². The number of aromatic nitrogens is 5. The highest BCUT2D eigenvalue weighted by Gasteiger charge is 2.03. The quantitative estimate of drug-likeness (QED) is 0.714. The van der Waals surface area contributed by atoms with Gasteiger partial charge >= 0.3 is 0 Å². The van der Waals surface area contributed by atoms with Crippen LogP contribution in [0.15, 0.2) is 30.5 Å². The molecule has 2 heterocycles. The maximum absolute atomic E-state index is 3.94. The van der Waals surface area contributed by atoms with Crippen LogP contribution in [0.2, 0.25) is 0 Å². The number of aryl methyl sites for hydroxylation is 2. The Morgan fingerprint density at radius 2 is 2.06 bits per heavy atom. The lowest BCUT2D eigenvalue weighted by molar-refractivity contribution is 0.776. The Kier molecular flexibility index (Phi) is 2.57. The molecule has 17 heavy (non-hydrogen) atoms. The smallest absolute Gasteiger partial charge is 0.174 e. The Bertz CT molecular complexity index is 596. The van der Waals surface area contributed by atoms with E-state index >= 15 is 0 Å². The molecule has 0 saturated carbocycles. The lowest BCUT2D eigenvalue weighted by Gasteiger charge is -1.97. The van der Waals surface area contributed by atoms with Crippen molar-refractivity contribution in [2.45, 2.75) is 19.3 Å². The number of aromatic amines is 2. The summed E-state index contributed by atoms with van der Waals surface area (Å²) in [5, 5.41) is 15.2. The molecule has 2 aromatic heterocycles. The van der Waals surface area contributed by atoms with E-state index in [-0.39, 0.29) is 0 Å². The van der Waals surface area contributed by atoms with Crippen molar-refractivity contribution < 1.29 is 0 Å². The number of benzene rings is 1. The van der Waals surface area contributed by atoms with E-state index in [4.69, 9.17) is 0 Å². The summed E-state index contributed by atoms with van der Waals surface area (Å²) >= 11 is 0. The van der Waals surface area contributed by atoms with Crippen molar-refractivity contribution >= 4 is 10.9 Å². The summed E-state index contributed by atoms with van der Waals surface area (Å²) < 4.78 is 0. The summed E-state index contributed by atoms with van der Waals surface area (Å²) in [6.45, 7) is 0. The molecule has 3 rings (SSSR count). The maximum atomic E-state index is 3.94. The third-order valence-corrected chi connectivity index (χ3v) is 2.91. The lowest BCUT2D eigenvalue weighted by atomic mass is 10.1. The van der Waals surface area contributed by atoms with Gasteiger partial charge in [0.1, 0.15) is 0 Å². The molecule has 5 nitrogen and oxygen atoms in total. The molecular formula is C12H13N5. The van der Waals surface area contributed by atoms with Gasteiger partial charge in [0.05, 0.1) is 0 Å². The van der Waals surface area contributed by atoms with Crippen LogP contribution in [0.25, 0.3) is 10.9 Å². The van der Waals surface area contributed by atoms with Crippen LogP contribution in [-0.4, -0.2) is 25.6 Å². The minimum atomic E-state index is 0.782. The van der Waals surface area contributed by atoms with E-state index in [0.717, 1.165) is 25.1 Å². The Hall–Kier alpha value is -2.17. The van der Waals surface area contributed by atoms with E-state index in [2.05, 4.69) is 50.0 Å². The van der Waals surface area contributed by atoms with Gasteiger partial charge in [-0.15, -0.1) is 10.2 Å². The molecule has 0 fully saturated rings. The minimum Gasteiger partial charge on any atom is -0.361 e. The predicted molar refractivity (Wildman–Crippen MR) is 64.5 cm³/mol. The zero-order valence-electron chi connectivity index (χ0n) is 9.35. The summed E-state index contributed by atoms with van der Waals surface area (Å²) in [6, 6.07) is 8.36. The highest BCUT2D eigenvalue weighted by Crippen LogP contribution is 2.19. The minimum absolute atomic E-state index is 0.782. The molecule has 0 saturated heterocycles. The van der Waals surface area contributed by atoms with Crippen LogP contribution in [0.1, 0.15) is 17.8 Å². The average molecular weight is 227 g/mol. The molecule has 0 spiro atoms. The van der Waals surface area contributed by atoms with Gasteiger partial charge in [0.15, 0.2) is 5.82 Å². The van der Waals surface area contributed by atoms with Gasteiger partial charge in [-0.1, -0.05) is 23.4 Å². The van der Waals surface area contributed by atoms with E-state index in [1.54, 1.807) is 0 Å². The van der Waals surface area contributed by atoms with Gasteiger partial charge in [0.25, 0.3) is 0 Å². The first kappa shape index (κ1) is 10.0. The first-order valence-corrected chi connectivity index (χ1v) is 5.71. The summed E-state index contributed by atoms with van der Waals surface area (Å²) in [4.78, 5) is 3.28. The molecule has 0 radical (unpaired) electrons. The van der Waals surface area contributed by atoms with Gasteiger partial charge in [-0.05, 0) is 24.5 Å². The number of fused-ring (bicyclic) bond motifs is 1. The van der Waals surface area contributed by atoms with E-state index in [1.807, 2.05) is 6.07 Å². The molecule has 2 N–H and O–H groups in total. The lowest BCUT2D eigenvalue weighted by Crippen LogP contribution is -1.91. The average Bonchev–Trinajstić information content (AvgIpc) is 2.99. The second kappa shape index (κ2) is 4.37. The van der Waals surface area contributed by atoms with Crippen molar-refractivity contribution in [3.8, 4) is 0 Å². The van der Waals surface area contributed by atoms with E-state index in [1.165, 1.54) is 16.5 Å². The maximum Gasteiger partial charge on any atom is 0.174 e. The molecule has 0 unspecified atom stereocenters. The molecule has 0 atom stereocenters. The first-order valence-electron chi connectivity index (χ1n) is 5.71. The van der Waals surface area contributed by atoms with Crippen molar-refractivity contribution in [1.82, 2.24) is 25.6 Å². The number of para-hydroxylation sites is 1. The van der Waals surface area contributed by atoms with E-state index in [0.29, 0.717) is 0 Å². The number of nitrogens with zero attached hydrogens (tertiary/aromatic N) is 3. The van der Waals surface area contributed by atoms with Crippen LogP contribution in [0, 0.1) is 0 Å². The summed E-state index contributed by atoms with van der Waals surface area (Å²) in [5.41, 5.74) is 2.55. The largest absolute Gasteiger partial charge is 0.361 e. The van der Waals surface area contributed by atoms with Crippen molar-refractivity contribution in [2.24, 2.45) is 0 Å². The Labute approximate surface area is 98.2 Å². The Morgan fingerprint density at radius 1 is 1.12 bits per heavy atom. The fraction of sp³-hybridized carbons (Fsp3) is 0.250. The van der Waals surface area contributed by atoms with Gasteiger partial charge in [-0.25, -0.2) is 0 Å². The second-order valence-corrected chi connectivity index (χ2v) is 4.04. The Balaban J connectivity index is 1.69. The van der Waals surface area contributed by atoms with Crippen LogP contribution in [-0.2, 0) is 12.8 Å². The fourth-order valence-electron chi connectivity index (χ4n) is 2.06. The standard InChI is InChI=1S/C12H13N5/c1-2-6-11-10(5-1)9(8-13-11)4-3-7-12-14-16-17-15-12/h1-2,5-6,8,13H,3-4,7H2,(H,14,15,16,17). The summed E-state index contributed by atoms with van der Waals surface area (Å²) in [5.74, 6) is 0.782. The molecule has 5 heteroatoms. The van der Waals surface area contributed by atoms with Gasteiger partial charge in [0.2, 0.25) is 0 Å². The van der Waals surface area contributed by atoms with Crippen molar-refractivity contribution in [2.75, 3.05) is 0 Å². The molecule has 0 aliphatic heterocycles. The topological polar surface area (TPSA) is 70.2 Å². The predicted octanol–water partition coefficient (Wildman–Crippen LogP) is 1.86. The number of rotatable bonds is 4. The number of hydrogen-bond donors (Lipinski definition) is 2. The monoisotopic (exact) mass is 227 g/mol. The zero-order valence-corrected chi connectivity index (χ0v) is 9.35. The van der Waals surface area contributed by atoms with Gasteiger partial charge in [-0.2, -0.15) is 5.21 Å². The molecule has 0 bridgehead atoms. The normalized spacial score (nSPS) is 11.1. The third kappa shape index (κ3) is 2.04. The molecular weight excluding hydrogens is 214 g/mol. The van der Waals surface area contributed by atoms with Gasteiger partial charge < -0.3 is 4.98 Å². The SMILES string of the molecule is c1ccc2c(CCCc3nn[nH]n3)c[nH]c2c1. The van der Waals surface area contributed by atoms with E-state index in [9.17, 15) is 0 Å². The van der Waals surface area contributed by atoms with Crippen LogP contribution < -0.4 is 0 Å². The zero-order chi connectivity index (χ0) is 11.5. The summed E-state index contributed by atoms with van der Waals surface area (Å²) in [7, 11) is 0. The number of H-pyrrole nitrogens is 2. The van der Waals surface area contributed by atoms with Gasteiger partial charge in [0, 0.05) is 23.5 Å². The highest BCUT2D eigenvalue weighted by atomic mass is 15.5. The molecule has 0 amide bonds. The van der Waals surface area contributed by atoms with Crippen LogP contribution in [0.5, 0.6) is 0 Å². The van der Waals surface area contributed by atoms with Crippen LogP contribution >= 0.6 is 0 Å². The molecule has 0 aliphatic carbocycles. The molecule has 3 aromatic rings. The van der Waals surface area contributed by atoms with E-state index < -0.39 is 0 Å². The highest BCUT2D eigenvalue weighted by molar-refractivity contribution is 5.82. The van der Waals surface area contributed by atoms with Crippen molar-refractivity contribution in [3.05, 3.63) is 41.9 Å². The molecule has 86 valence electrons. The third-order valence-electron chi connectivity index (χ3n) is 2.91. The number of nitrogens with one attached hydrogen (secondary N) is 2. The molecule has 1 aromatic carbocycles. The fourth-order valence-corrected chi connectivity index (χ4v) is 2.06. The second-order valence-electron chi connectivity index (χ2n) is 4.04. The number of hydrogen-bond acceptors (Lipinski definition) is 3. The van der Waals surface area contributed by atoms with Crippen molar-refractivity contribution in [1.29, 1.82) is 0 Å².